The number of unbranched alkanes of at least 4 members (excludes halogenated alkanes) is 4. The molecule has 3 heterocycles. The number of hydrogen-bond acceptors (Lipinski definition) is 7. The third-order valence-corrected chi connectivity index (χ3v) is 7.57. The summed E-state index contributed by atoms with van der Waals surface area (Å²) in [7, 11) is 0. The first-order valence-corrected chi connectivity index (χ1v) is 14.1. The highest BCUT2D eigenvalue weighted by atomic mass is 35.5. The van der Waals surface area contributed by atoms with E-state index in [0.717, 1.165) is 67.5 Å². The van der Waals surface area contributed by atoms with Crippen molar-refractivity contribution < 1.29 is 4.79 Å². The SMILES string of the molecule is O=C(CCCCCCCSC1N=CC(Cc2cncnc2)=CN1Cc1ccncc1)c1ccc(Cl)cc1. The molecule has 1 unspecified atom stereocenters. The standard InChI is InChI=1S/C29H32ClN5OS/c30-27-9-7-26(8-10-27)28(36)6-4-2-1-3-5-15-37-29-34-19-25(16-24-17-32-22-33-18-24)21-35(29)20-23-11-13-31-14-12-23/h7-14,17-19,21-22,29H,1-6,15-16,20H2. The first-order chi connectivity index (χ1) is 18.2. The number of hydrogen-bond donors (Lipinski definition) is 0. The molecule has 192 valence electrons. The van der Waals surface area contributed by atoms with E-state index in [0.29, 0.717) is 11.4 Å². The zero-order chi connectivity index (χ0) is 25.7. The summed E-state index contributed by atoms with van der Waals surface area (Å²) < 4.78 is 0. The molecule has 0 aliphatic carbocycles. The third-order valence-electron chi connectivity index (χ3n) is 6.10. The van der Waals surface area contributed by atoms with Crippen LogP contribution in [0.2, 0.25) is 5.02 Å². The second-order valence-electron chi connectivity index (χ2n) is 9.08. The Bertz CT molecular complexity index is 1170. The monoisotopic (exact) mass is 533 g/mol. The molecule has 0 N–H and O–H groups in total. The van der Waals surface area contributed by atoms with E-state index in [1.54, 1.807) is 18.5 Å². The number of nitrogens with zero attached hydrogens (tertiary/aromatic N) is 5. The van der Waals surface area contributed by atoms with E-state index in [-0.39, 0.29) is 11.3 Å². The van der Waals surface area contributed by atoms with Crippen molar-refractivity contribution in [2.75, 3.05) is 5.75 Å². The lowest BCUT2D eigenvalue weighted by molar-refractivity contribution is 0.0979. The second-order valence-corrected chi connectivity index (χ2v) is 10.7. The molecule has 0 amide bonds. The number of aromatic nitrogens is 3. The Kier molecular flexibility index (Phi) is 10.7. The maximum absolute atomic E-state index is 12.3. The van der Waals surface area contributed by atoms with Crippen LogP contribution in [-0.2, 0) is 13.0 Å². The zero-order valence-electron chi connectivity index (χ0n) is 20.9. The van der Waals surface area contributed by atoms with Gasteiger partial charge in [-0.3, -0.25) is 14.8 Å². The van der Waals surface area contributed by atoms with Crippen LogP contribution in [0.25, 0.3) is 0 Å². The number of pyridine rings is 1. The Labute approximate surface area is 228 Å². The van der Waals surface area contributed by atoms with Crippen LogP contribution >= 0.6 is 23.4 Å². The van der Waals surface area contributed by atoms with Gasteiger partial charge in [0.25, 0.3) is 0 Å². The normalized spacial score (nSPS) is 15.0. The number of ketones is 1. The van der Waals surface area contributed by atoms with E-state index in [2.05, 4.69) is 38.2 Å². The molecule has 1 aliphatic rings. The van der Waals surface area contributed by atoms with Gasteiger partial charge in [0.2, 0.25) is 0 Å². The maximum Gasteiger partial charge on any atom is 0.168 e. The first-order valence-electron chi connectivity index (χ1n) is 12.7. The average molecular weight is 534 g/mol. The molecule has 1 aromatic carbocycles. The topological polar surface area (TPSA) is 71.3 Å². The Morgan fingerprint density at radius 3 is 2.41 bits per heavy atom. The van der Waals surface area contributed by atoms with Crippen molar-refractivity contribution in [3.63, 3.8) is 0 Å². The average Bonchev–Trinajstić information content (AvgIpc) is 2.92. The number of allylic oxidation sites excluding steroid dienone is 1. The molecule has 8 heteroatoms. The Balaban J connectivity index is 1.19. The van der Waals surface area contributed by atoms with Crippen molar-refractivity contribution in [2.24, 2.45) is 4.99 Å². The molecule has 6 nitrogen and oxygen atoms in total. The largest absolute Gasteiger partial charge is 0.343 e. The fourth-order valence-electron chi connectivity index (χ4n) is 4.15. The van der Waals surface area contributed by atoms with Crippen LogP contribution in [0.1, 0.15) is 60.0 Å². The summed E-state index contributed by atoms with van der Waals surface area (Å²) in [6, 6.07) is 11.3. The summed E-state index contributed by atoms with van der Waals surface area (Å²) in [4.78, 5) is 31.9. The van der Waals surface area contributed by atoms with Crippen LogP contribution in [0.5, 0.6) is 0 Å². The highest BCUT2D eigenvalue weighted by Crippen LogP contribution is 2.26. The Morgan fingerprint density at radius 2 is 1.62 bits per heavy atom. The van der Waals surface area contributed by atoms with E-state index in [4.69, 9.17) is 16.6 Å². The van der Waals surface area contributed by atoms with Crippen molar-refractivity contribution in [1.29, 1.82) is 0 Å². The number of carbonyl (C=O) groups is 1. The van der Waals surface area contributed by atoms with Gasteiger partial charge in [0.15, 0.2) is 11.3 Å². The van der Waals surface area contributed by atoms with Gasteiger partial charge in [-0.1, -0.05) is 30.9 Å². The minimum absolute atomic E-state index is 0.0564. The van der Waals surface area contributed by atoms with Crippen LogP contribution in [0.4, 0.5) is 0 Å². The molecule has 4 rings (SSSR count). The van der Waals surface area contributed by atoms with Gasteiger partial charge in [0, 0.05) is 67.2 Å². The highest BCUT2D eigenvalue weighted by Gasteiger charge is 2.19. The summed E-state index contributed by atoms with van der Waals surface area (Å²) in [5, 5.41) is 0.660. The molecular formula is C29H32ClN5OS. The Morgan fingerprint density at radius 1 is 0.892 bits per heavy atom. The summed E-state index contributed by atoms with van der Waals surface area (Å²) in [5.74, 6) is 1.25. The molecule has 0 fully saturated rings. The van der Waals surface area contributed by atoms with Gasteiger partial charge in [-0.05, 0) is 71.7 Å². The van der Waals surface area contributed by atoms with Crippen LogP contribution in [0.15, 0.2) is 84.3 Å². The molecule has 0 radical (unpaired) electrons. The molecule has 37 heavy (non-hydrogen) atoms. The van der Waals surface area contributed by atoms with E-state index in [1.807, 2.05) is 54.9 Å². The van der Waals surface area contributed by atoms with Gasteiger partial charge in [0.1, 0.15) is 6.33 Å². The molecule has 0 saturated heterocycles. The number of halogens is 1. The van der Waals surface area contributed by atoms with Crippen LogP contribution in [-0.4, -0.2) is 43.1 Å². The molecule has 1 atom stereocenters. The van der Waals surface area contributed by atoms with E-state index >= 15 is 0 Å². The molecule has 0 spiro atoms. The number of thioether (sulfide) groups is 1. The minimum Gasteiger partial charge on any atom is -0.343 e. The van der Waals surface area contributed by atoms with Crippen LogP contribution in [0.3, 0.4) is 0 Å². The van der Waals surface area contributed by atoms with Crippen molar-refractivity contribution in [3.8, 4) is 0 Å². The molecule has 0 bridgehead atoms. The van der Waals surface area contributed by atoms with Crippen molar-refractivity contribution in [2.45, 2.75) is 57.0 Å². The van der Waals surface area contributed by atoms with Crippen LogP contribution < -0.4 is 0 Å². The van der Waals surface area contributed by atoms with E-state index < -0.39 is 0 Å². The molecule has 3 aromatic rings. The van der Waals surface area contributed by atoms with Gasteiger partial charge in [-0.25, -0.2) is 9.97 Å². The molecule has 2 aromatic heterocycles. The zero-order valence-corrected chi connectivity index (χ0v) is 22.4. The van der Waals surface area contributed by atoms with Crippen LogP contribution in [0, 0.1) is 0 Å². The predicted octanol–water partition coefficient (Wildman–Crippen LogP) is 6.78. The lowest BCUT2D eigenvalue weighted by Gasteiger charge is -2.31. The quantitative estimate of drug-likeness (QED) is 0.168. The highest BCUT2D eigenvalue weighted by molar-refractivity contribution is 7.99. The summed E-state index contributed by atoms with van der Waals surface area (Å²) >= 11 is 7.78. The minimum atomic E-state index is 0.0564. The third kappa shape index (κ3) is 9.09. The van der Waals surface area contributed by atoms with Gasteiger partial charge < -0.3 is 4.90 Å². The summed E-state index contributed by atoms with van der Waals surface area (Å²) in [6.07, 6.45) is 19.9. The predicted molar refractivity (Wildman–Crippen MR) is 152 cm³/mol. The molecule has 1 aliphatic heterocycles. The number of rotatable bonds is 14. The second kappa shape index (κ2) is 14.6. The number of carbonyl (C=O) groups excluding carboxylic acids is 1. The van der Waals surface area contributed by atoms with Crippen molar-refractivity contribution >= 4 is 35.4 Å². The summed E-state index contributed by atoms with van der Waals surface area (Å²) in [5.41, 5.74) is 4.24. The number of benzene rings is 1. The van der Waals surface area contributed by atoms with Crippen molar-refractivity contribution in [3.05, 3.63) is 101 Å². The van der Waals surface area contributed by atoms with Gasteiger partial charge in [-0.15, -0.1) is 11.8 Å². The Hall–Kier alpha value is -3.03. The number of aliphatic imine (C=N–C) groups is 1. The fraction of sp³-hybridized carbons (Fsp3) is 0.345. The van der Waals surface area contributed by atoms with Gasteiger partial charge in [-0.2, -0.15) is 0 Å². The van der Waals surface area contributed by atoms with Crippen molar-refractivity contribution in [1.82, 2.24) is 19.9 Å². The maximum atomic E-state index is 12.3. The lowest BCUT2D eigenvalue weighted by Crippen LogP contribution is -2.30. The van der Waals surface area contributed by atoms with Gasteiger partial charge >= 0.3 is 0 Å². The first kappa shape index (κ1) is 27.0. The fourth-order valence-corrected chi connectivity index (χ4v) is 5.33. The lowest BCUT2D eigenvalue weighted by atomic mass is 10.0. The van der Waals surface area contributed by atoms with E-state index in [9.17, 15) is 4.79 Å². The van der Waals surface area contributed by atoms with E-state index in [1.165, 1.54) is 5.56 Å². The summed E-state index contributed by atoms with van der Waals surface area (Å²) in [6.45, 7) is 0.786. The smallest absolute Gasteiger partial charge is 0.168 e. The molecular weight excluding hydrogens is 502 g/mol. The number of Topliss-reactive ketones (excluding diaryl/α,β-unsaturated/α-hetero) is 1. The van der Waals surface area contributed by atoms with Gasteiger partial charge in [0.05, 0.1) is 0 Å². The molecule has 0 saturated carbocycles.